The second-order valence-electron chi connectivity index (χ2n) is 8.34. The summed E-state index contributed by atoms with van der Waals surface area (Å²) in [5.74, 6) is 1.08. The second kappa shape index (κ2) is 9.57. The van der Waals surface area contributed by atoms with Gasteiger partial charge in [0.25, 0.3) is 0 Å². The molecule has 3 rings (SSSR count). The Kier molecular flexibility index (Phi) is 7.13. The molecule has 5 heteroatoms. The molecule has 0 saturated carbocycles. The van der Waals surface area contributed by atoms with E-state index >= 15 is 0 Å². The van der Waals surface area contributed by atoms with Gasteiger partial charge in [-0.05, 0) is 31.7 Å². The molecule has 1 aromatic rings. The van der Waals surface area contributed by atoms with Gasteiger partial charge in [-0.2, -0.15) is 0 Å². The summed E-state index contributed by atoms with van der Waals surface area (Å²) in [4.78, 5) is 14.3. The van der Waals surface area contributed by atoms with Crippen LogP contribution in [0.4, 0.5) is 0 Å². The average Bonchev–Trinajstić information content (AvgIpc) is 3.10. The van der Waals surface area contributed by atoms with Crippen molar-refractivity contribution in [1.82, 2.24) is 10.2 Å². The molecule has 2 aliphatic rings. The smallest absolute Gasteiger partial charge is 0.222 e. The molecule has 28 heavy (non-hydrogen) atoms. The maximum Gasteiger partial charge on any atom is 0.222 e. The third-order valence-corrected chi connectivity index (χ3v) is 5.86. The topological polar surface area (TPSA) is 50.8 Å². The molecule has 0 aliphatic carbocycles. The molecule has 1 N–H and O–H groups in total. The highest BCUT2D eigenvalue weighted by atomic mass is 16.5. The van der Waals surface area contributed by atoms with Gasteiger partial charge in [0.2, 0.25) is 5.91 Å². The molecule has 2 saturated heterocycles. The van der Waals surface area contributed by atoms with Gasteiger partial charge in [-0.25, -0.2) is 0 Å². The first-order valence-corrected chi connectivity index (χ1v) is 10.5. The summed E-state index contributed by atoms with van der Waals surface area (Å²) in [5.41, 5.74) is 1.23. The number of para-hydroxylation sites is 1. The second-order valence-corrected chi connectivity index (χ2v) is 8.34. The number of nitrogens with one attached hydrogen (secondary N) is 1. The Hall–Kier alpha value is -1.85. The van der Waals surface area contributed by atoms with E-state index < -0.39 is 0 Å². The molecule has 1 unspecified atom stereocenters. The normalized spacial score (nSPS) is 21.8. The van der Waals surface area contributed by atoms with Gasteiger partial charge in [0, 0.05) is 37.7 Å². The van der Waals surface area contributed by atoms with E-state index in [1.54, 1.807) is 6.08 Å². The van der Waals surface area contributed by atoms with E-state index in [4.69, 9.17) is 9.47 Å². The minimum atomic E-state index is 0.00256. The SMILES string of the molecule is C=CCOc1ccccc1CN1CCC2(CCC(CNC(=O)C(C)C)O2)CC1. The van der Waals surface area contributed by atoms with Crippen LogP contribution in [0.15, 0.2) is 36.9 Å². The van der Waals surface area contributed by atoms with Crippen molar-refractivity contribution in [2.24, 2.45) is 5.92 Å². The van der Waals surface area contributed by atoms with Crippen molar-refractivity contribution in [2.75, 3.05) is 26.2 Å². The first-order valence-electron chi connectivity index (χ1n) is 10.5. The highest BCUT2D eigenvalue weighted by Crippen LogP contribution is 2.39. The van der Waals surface area contributed by atoms with Crippen LogP contribution in [0, 0.1) is 5.92 Å². The van der Waals surface area contributed by atoms with Gasteiger partial charge in [-0.1, -0.05) is 44.7 Å². The van der Waals surface area contributed by atoms with Crippen LogP contribution in [0.2, 0.25) is 0 Å². The number of hydrogen-bond acceptors (Lipinski definition) is 4. The Balaban J connectivity index is 1.47. The van der Waals surface area contributed by atoms with E-state index in [9.17, 15) is 4.79 Å². The number of nitrogens with zero attached hydrogens (tertiary/aromatic N) is 1. The first-order chi connectivity index (χ1) is 13.5. The van der Waals surface area contributed by atoms with Crippen LogP contribution in [-0.2, 0) is 16.1 Å². The Morgan fingerprint density at radius 1 is 1.36 bits per heavy atom. The maximum absolute atomic E-state index is 11.8. The third-order valence-electron chi connectivity index (χ3n) is 5.86. The summed E-state index contributed by atoms with van der Waals surface area (Å²) in [5, 5.41) is 3.02. The quantitative estimate of drug-likeness (QED) is 0.695. The first kappa shape index (κ1) is 20.9. The molecule has 2 aliphatic heterocycles. The molecular weight excluding hydrogens is 352 g/mol. The van der Waals surface area contributed by atoms with Crippen LogP contribution >= 0.6 is 0 Å². The lowest BCUT2D eigenvalue weighted by molar-refractivity contribution is -0.125. The van der Waals surface area contributed by atoms with E-state index in [2.05, 4.69) is 28.9 Å². The van der Waals surface area contributed by atoms with Crippen molar-refractivity contribution in [3.8, 4) is 5.75 Å². The van der Waals surface area contributed by atoms with E-state index in [1.807, 2.05) is 26.0 Å². The Bertz CT molecular complexity index is 666. The van der Waals surface area contributed by atoms with Crippen LogP contribution < -0.4 is 10.1 Å². The molecule has 0 bridgehead atoms. The molecule has 154 valence electrons. The minimum absolute atomic E-state index is 0.00256. The fourth-order valence-electron chi connectivity index (χ4n) is 4.11. The number of rotatable bonds is 8. The number of carbonyl (C=O) groups excluding carboxylic acids is 1. The fraction of sp³-hybridized carbons (Fsp3) is 0.609. The lowest BCUT2D eigenvalue weighted by Crippen LogP contribution is -2.45. The number of likely N-dealkylation sites (tertiary alicyclic amines) is 1. The zero-order chi connectivity index (χ0) is 20.0. The number of amides is 1. The summed E-state index contributed by atoms with van der Waals surface area (Å²) < 4.78 is 12.2. The molecule has 0 aromatic heterocycles. The van der Waals surface area contributed by atoms with Crippen LogP contribution in [0.1, 0.15) is 45.1 Å². The molecule has 2 fully saturated rings. The van der Waals surface area contributed by atoms with Crippen LogP contribution in [0.5, 0.6) is 5.75 Å². The fourth-order valence-corrected chi connectivity index (χ4v) is 4.11. The molecule has 0 radical (unpaired) electrons. The van der Waals surface area contributed by atoms with Gasteiger partial charge in [-0.15, -0.1) is 0 Å². The van der Waals surface area contributed by atoms with Gasteiger partial charge in [-0.3, -0.25) is 9.69 Å². The average molecular weight is 387 g/mol. The Morgan fingerprint density at radius 3 is 2.82 bits per heavy atom. The highest BCUT2D eigenvalue weighted by Gasteiger charge is 2.42. The zero-order valence-electron chi connectivity index (χ0n) is 17.3. The van der Waals surface area contributed by atoms with Gasteiger partial charge in [0.1, 0.15) is 12.4 Å². The van der Waals surface area contributed by atoms with Crippen molar-refractivity contribution in [1.29, 1.82) is 0 Å². The van der Waals surface area contributed by atoms with Crippen molar-refractivity contribution >= 4 is 5.91 Å². The zero-order valence-corrected chi connectivity index (χ0v) is 17.3. The van der Waals surface area contributed by atoms with E-state index in [-0.39, 0.29) is 23.5 Å². The van der Waals surface area contributed by atoms with E-state index in [0.29, 0.717) is 13.2 Å². The lowest BCUT2D eigenvalue weighted by atomic mass is 9.88. The van der Waals surface area contributed by atoms with Crippen molar-refractivity contribution < 1.29 is 14.3 Å². The summed E-state index contributed by atoms with van der Waals surface area (Å²) in [6.45, 7) is 11.7. The molecular formula is C23H34N2O3. The maximum atomic E-state index is 11.8. The monoisotopic (exact) mass is 386 g/mol. The largest absolute Gasteiger partial charge is 0.489 e. The number of hydrogen-bond donors (Lipinski definition) is 1. The molecule has 1 atom stereocenters. The number of ether oxygens (including phenoxy) is 2. The van der Waals surface area contributed by atoms with Crippen LogP contribution in [-0.4, -0.2) is 48.8 Å². The molecule has 1 spiro atoms. The molecule has 1 amide bonds. The predicted octanol–water partition coefficient (Wildman–Crippen LogP) is 3.54. The highest BCUT2D eigenvalue weighted by molar-refractivity contribution is 5.77. The third kappa shape index (κ3) is 5.36. The van der Waals surface area contributed by atoms with E-state index in [1.165, 1.54) is 5.56 Å². The minimum Gasteiger partial charge on any atom is -0.489 e. The summed E-state index contributed by atoms with van der Waals surface area (Å²) in [7, 11) is 0. The standard InChI is InChI=1S/C23H34N2O3/c1-4-15-27-21-8-6-5-7-19(21)17-25-13-11-23(12-14-25)10-9-20(28-23)16-24-22(26)18(2)3/h4-8,18,20H,1,9-17H2,2-3H3,(H,24,26). The van der Waals surface area contributed by atoms with Crippen molar-refractivity contribution in [2.45, 2.75) is 57.8 Å². The number of benzene rings is 1. The van der Waals surface area contributed by atoms with Gasteiger partial charge < -0.3 is 14.8 Å². The van der Waals surface area contributed by atoms with Gasteiger partial charge >= 0.3 is 0 Å². The van der Waals surface area contributed by atoms with Gasteiger partial charge in [0.05, 0.1) is 11.7 Å². The molecule has 1 aromatic carbocycles. The number of piperidine rings is 1. The summed E-state index contributed by atoms with van der Waals surface area (Å²) in [6, 6.07) is 8.25. The van der Waals surface area contributed by atoms with E-state index in [0.717, 1.165) is 51.1 Å². The lowest BCUT2D eigenvalue weighted by Gasteiger charge is -2.39. The van der Waals surface area contributed by atoms with Crippen LogP contribution in [0.25, 0.3) is 0 Å². The summed E-state index contributed by atoms with van der Waals surface area (Å²) >= 11 is 0. The Morgan fingerprint density at radius 2 is 2.11 bits per heavy atom. The number of carbonyl (C=O) groups is 1. The molecule has 5 nitrogen and oxygen atoms in total. The molecule has 2 heterocycles. The van der Waals surface area contributed by atoms with Gasteiger partial charge in [0.15, 0.2) is 0 Å². The van der Waals surface area contributed by atoms with Crippen molar-refractivity contribution in [3.63, 3.8) is 0 Å². The van der Waals surface area contributed by atoms with Crippen molar-refractivity contribution in [3.05, 3.63) is 42.5 Å². The predicted molar refractivity (Wildman–Crippen MR) is 111 cm³/mol. The Labute approximate surface area is 169 Å². The summed E-state index contributed by atoms with van der Waals surface area (Å²) in [6.07, 6.45) is 6.17. The van der Waals surface area contributed by atoms with Crippen LogP contribution in [0.3, 0.4) is 0 Å².